The molecule has 7 nitrogen and oxygen atoms in total. The van der Waals surface area contributed by atoms with Gasteiger partial charge in [-0.15, -0.1) is 0 Å². The average molecular weight is 300 g/mol. The predicted octanol–water partition coefficient (Wildman–Crippen LogP) is 1.34. The van der Waals surface area contributed by atoms with Crippen LogP contribution in [0.1, 0.15) is 25.3 Å². The van der Waals surface area contributed by atoms with E-state index < -0.39 is 0 Å². The summed E-state index contributed by atoms with van der Waals surface area (Å²) in [6, 6.07) is 0.160. The summed E-state index contributed by atoms with van der Waals surface area (Å²) in [4.78, 5) is 13.1. The Hall–Kier alpha value is -2.15. The van der Waals surface area contributed by atoms with Crippen molar-refractivity contribution in [3.63, 3.8) is 0 Å². The normalized spacial score (nSPS) is 24.2. The lowest BCUT2D eigenvalue weighted by molar-refractivity contribution is 0.244. The monoisotopic (exact) mass is 300 g/mol. The van der Waals surface area contributed by atoms with E-state index in [0.717, 1.165) is 30.0 Å². The van der Waals surface area contributed by atoms with Crippen molar-refractivity contribution in [1.29, 1.82) is 0 Å². The number of aromatic nitrogens is 4. The molecule has 0 aliphatic heterocycles. The number of imidazole rings is 1. The van der Waals surface area contributed by atoms with Crippen LogP contribution in [0.2, 0.25) is 0 Å². The summed E-state index contributed by atoms with van der Waals surface area (Å²) in [6.45, 7) is 1.08. The van der Waals surface area contributed by atoms with Crippen LogP contribution in [0.5, 0.6) is 0 Å². The van der Waals surface area contributed by atoms with Gasteiger partial charge in [0, 0.05) is 19.1 Å². The standard InChI is InChI=1S/C15H20N6O/c16-15-19-13(17-6-9-1-2-9)12-14(20-15)21(8-18-12)11-4-3-10(5-11)7-22/h3-4,8-11,22H,1-2,5-7H2,(H3,16,17,19,20)/t10-,11+/m1/s1. The molecule has 4 N–H and O–H groups in total. The lowest BCUT2D eigenvalue weighted by Gasteiger charge is -2.13. The Bertz CT molecular complexity index is 720. The second kappa shape index (κ2) is 5.24. The zero-order valence-corrected chi connectivity index (χ0v) is 12.3. The zero-order chi connectivity index (χ0) is 15.1. The number of rotatable bonds is 5. The van der Waals surface area contributed by atoms with Gasteiger partial charge in [0.25, 0.3) is 0 Å². The molecule has 0 unspecified atom stereocenters. The fourth-order valence-electron chi connectivity index (χ4n) is 2.96. The molecule has 2 aromatic rings. The summed E-state index contributed by atoms with van der Waals surface area (Å²) in [7, 11) is 0. The molecule has 1 saturated carbocycles. The zero-order valence-electron chi connectivity index (χ0n) is 12.3. The SMILES string of the molecule is Nc1nc(NCC2CC2)c2ncn([C@H]3C=C[C@@H](CO)C3)c2n1. The van der Waals surface area contributed by atoms with Crippen LogP contribution in [0.15, 0.2) is 18.5 Å². The Kier molecular flexibility index (Phi) is 3.22. The van der Waals surface area contributed by atoms with Crippen molar-refractivity contribution in [2.45, 2.75) is 25.3 Å². The van der Waals surface area contributed by atoms with Gasteiger partial charge in [-0.25, -0.2) is 4.98 Å². The lowest BCUT2D eigenvalue weighted by atomic mass is 10.1. The number of nitrogen functional groups attached to an aromatic ring is 1. The number of aliphatic hydroxyl groups excluding tert-OH is 1. The summed E-state index contributed by atoms with van der Waals surface area (Å²) >= 11 is 0. The maximum Gasteiger partial charge on any atom is 0.224 e. The van der Waals surface area contributed by atoms with Gasteiger partial charge < -0.3 is 20.7 Å². The molecule has 22 heavy (non-hydrogen) atoms. The fraction of sp³-hybridized carbons (Fsp3) is 0.533. The van der Waals surface area contributed by atoms with Crippen LogP contribution in [0, 0.1) is 11.8 Å². The van der Waals surface area contributed by atoms with Gasteiger partial charge in [-0.2, -0.15) is 9.97 Å². The average Bonchev–Trinajstić information content (AvgIpc) is 3.05. The van der Waals surface area contributed by atoms with E-state index in [-0.39, 0.29) is 24.5 Å². The third-order valence-corrected chi connectivity index (χ3v) is 4.44. The van der Waals surface area contributed by atoms with Crippen LogP contribution < -0.4 is 11.1 Å². The van der Waals surface area contributed by atoms with Crippen molar-refractivity contribution >= 4 is 22.9 Å². The molecule has 116 valence electrons. The van der Waals surface area contributed by atoms with E-state index in [1.807, 2.05) is 10.6 Å². The molecule has 0 amide bonds. The third-order valence-electron chi connectivity index (χ3n) is 4.44. The number of nitrogens with two attached hydrogens (primary N) is 1. The molecule has 7 heteroatoms. The first-order valence-corrected chi connectivity index (χ1v) is 7.77. The van der Waals surface area contributed by atoms with Crippen molar-refractivity contribution in [3.8, 4) is 0 Å². The second-order valence-electron chi connectivity index (χ2n) is 6.21. The Morgan fingerprint density at radius 1 is 1.32 bits per heavy atom. The molecule has 2 heterocycles. The van der Waals surface area contributed by atoms with Crippen LogP contribution in [-0.4, -0.2) is 37.8 Å². The van der Waals surface area contributed by atoms with E-state index in [0.29, 0.717) is 5.82 Å². The molecule has 2 aliphatic carbocycles. The summed E-state index contributed by atoms with van der Waals surface area (Å²) in [5.41, 5.74) is 7.37. The molecule has 4 rings (SSSR count). The number of allylic oxidation sites excluding steroid dienone is 1. The smallest absolute Gasteiger partial charge is 0.224 e. The summed E-state index contributed by atoms with van der Waals surface area (Å²) in [5.74, 6) is 1.92. The minimum atomic E-state index is 0.160. The Balaban J connectivity index is 1.67. The Morgan fingerprint density at radius 2 is 2.18 bits per heavy atom. The molecule has 1 fully saturated rings. The van der Waals surface area contributed by atoms with Gasteiger partial charge in [0.15, 0.2) is 17.0 Å². The molecule has 0 radical (unpaired) electrons. The van der Waals surface area contributed by atoms with Gasteiger partial charge in [0.2, 0.25) is 5.95 Å². The molecule has 0 saturated heterocycles. The molecule has 2 atom stereocenters. The minimum absolute atomic E-state index is 0.160. The van der Waals surface area contributed by atoms with Crippen molar-refractivity contribution in [3.05, 3.63) is 18.5 Å². The molecule has 0 aromatic carbocycles. The quantitative estimate of drug-likeness (QED) is 0.720. The second-order valence-corrected chi connectivity index (χ2v) is 6.21. The highest BCUT2D eigenvalue weighted by Gasteiger charge is 2.24. The van der Waals surface area contributed by atoms with Crippen LogP contribution in [0.4, 0.5) is 11.8 Å². The summed E-state index contributed by atoms with van der Waals surface area (Å²) < 4.78 is 2.02. The first kappa shape index (κ1) is 13.5. The first-order chi connectivity index (χ1) is 10.7. The van der Waals surface area contributed by atoms with E-state index in [2.05, 4.69) is 26.3 Å². The minimum Gasteiger partial charge on any atom is -0.396 e. The highest BCUT2D eigenvalue weighted by Crippen LogP contribution is 2.32. The van der Waals surface area contributed by atoms with Crippen LogP contribution >= 0.6 is 0 Å². The van der Waals surface area contributed by atoms with Gasteiger partial charge in [-0.1, -0.05) is 12.2 Å². The van der Waals surface area contributed by atoms with Gasteiger partial charge in [0.05, 0.1) is 12.4 Å². The molecular formula is C15H20N6O. The maximum atomic E-state index is 9.28. The number of hydrogen-bond donors (Lipinski definition) is 3. The van der Waals surface area contributed by atoms with Gasteiger partial charge >= 0.3 is 0 Å². The molecule has 2 aromatic heterocycles. The Morgan fingerprint density at radius 3 is 2.91 bits per heavy atom. The van der Waals surface area contributed by atoms with Crippen molar-refractivity contribution < 1.29 is 5.11 Å². The highest BCUT2D eigenvalue weighted by atomic mass is 16.3. The molecule has 2 aliphatic rings. The largest absolute Gasteiger partial charge is 0.396 e. The van der Waals surface area contributed by atoms with Crippen LogP contribution in [0.3, 0.4) is 0 Å². The van der Waals surface area contributed by atoms with Gasteiger partial charge in [-0.05, 0) is 25.2 Å². The Labute approximate surface area is 128 Å². The van der Waals surface area contributed by atoms with E-state index in [9.17, 15) is 5.11 Å². The van der Waals surface area contributed by atoms with E-state index >= 15 is 0 Å². The van der Waals surface area contributed by atoms with Crippen molar-refractivity contribution in [2.24, 2.45) is 11.8 Å². The third kappa shape index (κ3) is 2.41. The van der Waals surface area contributed by atoms with Crippen LogP contribution in [0.25, 0.3) is 11.2 Å². The number of anilines is 2. The van der Waals surface area contributed by atoms with E-state index in [1.54, 1.807) is 6.33 Å². The number of nitrogens with one attached hydrogen (secondary N) is 1. The first-order valence-electron chi connectivity index (χ1n) is 7.77. The maximum absolute atomic E-state index is 9.28. The number of nitrogens with zero attached hydrogens (tertiary/aromatic N) is 4. The number of hydrogen-bond acceptors (Lipinski definition) is 6. The predicted molar refractivity (Wildman–Crippen MR) is 84.3 cm³/mol. The molecule has 0 bridgehead atoms. The number of fused-ring (bicyclic) bond motifs is 1. The van der Waals surface area contributed by atoms with Crippen LogP contribution in [-0.2, 0) is 0 Å². The fourth-order valence-corrected chi connectivity index (χ4v) is 2.96. The lowest BCUT2D eigenvalue weighted by Crippen LogP contribution is -2.10. The highest BCUT2D eigenvalue weighted by molar-refractivity contribution is 5.84. The summed E-state index contributed by atoms with van der Waals surface area (Å²) in [6.07, 6.45) is 9.35. The summed E-state index contributed by atoms with van der Waals surface area (Å²) in [5, 5.41) is 12.6. The van der Waals surface area contributed by atoms with Crippen molar-refractivity contribution in [2.75, 3.05) is 24.2 Å². The number of aliphatic hydroxyl groups is 1. The van der Waals surface area contributed by atoms with E-state index in [1.165, 1.54) is 12.8 Å². The molecule has 0 spiro atoms. The van der Waals surface area contributed by atoms with Gasteiger partial charge in [0.1, 0.15) is 0 Å². The van der Waals surface area contributed by atoms with Crippen molar-refractivity contribution in [1.82, 2.24) is 19.5 Å². The van der Waals surface area contributed by atoms with Gasteiger partial charge in [-0.3, -0.25) is 0 Å². The molecular weight excluding hydrogens is 280 g/mol. The van der Waals surface area contributed by atoms with E-state index in [4.69, 9.17) is 5.73 Å². The topological polar surface area (TPSA) is 102 Å².